The maximum Gasteiger partial charge on any atom is 0.170 e. The molecule has 1 aliphatic carbocycles. The lowest BCUT2D eigenvalue weighted by molar-refractivity contribution is -0.0985. The monoisotopic (exact) mass is 417 g/mol. The summed E-state index contributed by atoms with van der Waals surface area (Å²) in [5.41, 5.74) is 10.5. The van der Waals surface area contributed by atoms with Gasteiger partial charge in [-0.1, -0.05) is 5.73 Å². The fourth-order valence-corrected chi connectivity index (χ4v) is 4.35. The van der Waals surface area contributed by atoms with E-state index in [1.807, 2.05) is 31.3 Å². The first kappa shape index (κ1) is 19.9. The van der Waals surface area contributed by atoms with Gasteiger partial charge in [0, 0.05) is 42.2 Å². The molecule has 2 fully saturated rings. The summed E-state index contributed by atoms with van der Waals surface area (Å²) in [4.78, 5) is 7.40. The number of likely N-dealkylation sites (N-methyl/N-ethyl adjacent to an activating group) is 1. The lowest BCUT2D eigenvalue weighted by atomic mass is 9.85. The maximum absolute atomic E-state index is 5.68. The number of benzene rings is 1. The summed E-state index contributed by atoms with van der Waals surface area (Å²) in [7, 11) is 3.59. The average Bonchev–Trinajstić information content (AvgIpc) is 3.25. The van der Waals surface area contributed by atoms with Crippen molar-refractivity contribution in [2.45, 2.75) is 6.42 Å². The van der Waals surface area contributed by atoms with Gasteiger partial charge in [0.2, 0.25) is 0 Å². The number of nitrogens with one attached hydrogen (secondary N) is 1. The third-order valence-corrected chi connectivity index (χ3v) is 6.20. The lowest BCUT2D eigenvalue weighted by Gasteiger charge is -2.38. The average molecular weight is 418 g/mol. The van der Waals surface area contributed by atoms with Crippen molar-refractivity contribution in [3.05, 3.63) is 59.3 Å². The van der Waals surface area contributed by atoms with Crippen molar-refractivity contribution in [3.63, 3.8) is 0 Å². The van der Waals surface area contributed by atoms with E-state index in [-0.39, 0.29) is 0 Å². The second kappa shape index (κ2) is 8.26. The van der Waals surface area contributed by atoms with E-state index in [1.54, 1.807) is 7.11 Å². The molecular weight excluding hydrogens is 390 g/mol. The summed E-state index contributed by atoms with van der Waals surface area (Å²) in [6, 6.07) is 8.29. The van der Waals surface area contributed by atoms with Gasteiger partial charge in [0.15, 0.2) is 5.76 Å². The first-order chi connectivity index (χ1) is 15.2. The number of aromatic nitrogens is 1. The first-order valence-corrected chi connectivity index (χ1v) is 10.7. The Hall–Kier alpha value is -3.01. The summed E-state index contributed by atoms with van der Waals surface area (Å²) >= 11 is 0. The van der Waals surface area contributed by atoms with E-state index in [4.69, 9.17) is 19.2 Å². The molecule has 3 heterocycles. The van der Waals surface area contributed by atoms with Gasteiger partial charge in [-0.15, -0.1) is 0 Å². The molecule has 1 spiro atoms. The molecule has 2 aliphatic heterocycles. The third-order valence-electron chi connectivity index (χ3n) is 6.20. The molecule has 1 aromatic carbocycles. The summed E-state index contributed by atoms with van der Waals surface area (Å²) < 4.78 is 16.6. The minimum Gasteiger partial charge on any atom is -0.497 e. The molecule has 2 aromatic rings. The topological polar surface area (TPSA) is 55.9 Å². The molecule has 160 valence electrons. The van der Waals surface area contributed by atoms with Gasteiger partial charge in [-0.25, -0.2) is 4.98 Å². The molecule has 0 bridgehead atoms. The summed E-state index contributed by atoms with van der Waals surface area (Å²) in [5.74, 6) is 1.49. The zero-order valence-electron chi connectivity index (χ0n) is 18.0. The zero-order chi connectivity index (χ0) is 21.3. The Kier molecular flexibility index (Phi) is 5.31. The van der Waals surface area contributed by atoms with E-state index >= 15 is 0 Å². The molecule has 0 unspecified atom stereocenters. The summed E-state index contributed by atoms with van der Waals surface area (Å²) in [6.07, 6.45) is 5.09. The van der Waals surface area contributed by atoms with E-state index in [0.717, 1.165) is 60.8 Å². The van der Waals surface area contributed by atoms with E-state index in [2.05, 4.69) is 33.8 Å². The highest BCUT2D eigenvalue weighted by Crippen LogP contribution is 2.42. The molecule has 6 heteroatoms. The Labute approximate surface area is 182 Å². The van der Waals surface area contributed by atoms with Crippen LogP contribution in [0.25, 0.3) is 16.5 Å². The number of nitrogens with zero attached hydrogens (tertiary/aromatic N) is 2. The number of rotatable bonds is 7. The van der Waals surface area contributed by atoms with Crippen LogP contribution in [0.5, 0.6) is 5.75 Å². The van der Waals surface area contributed by atoms with Crippen LogP contribution in [0.2, 0.25) is 0 Å². The summed E-state index contributed by atoms with van der Waals surface area (Å²) in [6.45, 7) is 5.16. The van der Waals surface area contributed by atoms with Gasteiger partial charge in [-0.05, 0) is 49.6 Å². The molecule has 1 N–H and O–H groups in total. The summed E-state index contributed by atoms with van der Waals surface area (Å²) in [5, 5.41) is 4.20. The highest BCUT2D eigenvalue weighted by atomic mass is 16.5. The van der Waals surface area contributed by atoms with Crippen molar-refractivity contribution in [1.29, 1.82) is 0 Å². The molecule has 5 rings (SSSR count). The largest absolute Gasteiger partial charge is 0.497 e. The van der Waals surface area contributed by atoms with Crippen molar-refractivity contribution in [2.75, 3.05) is 58.5 Å². The highest BCUT2D eigenvalue weighted by Gasteiger charge is 2.44. The smallest absolute Gasteiger partial charge is 0.170 e. The number of ether oxygens (including phenoxy) is 3. The Bertz CT molecular complexity index is 1140. The van der Waals surface area contributed by atoms with E-state index in [0.29, 0.717) is 17.8 Å². The van der Waals surface area contributed by atoms with Gasteiger partial charge in [0.25, 0.3) is 0 Å². The first-order valence-electron chi connectivity index (χ1n) is 10.7. The van der Waals surface area contributed by atoms with Crippen molar-refractivity contribution < 1.29 is 14.2 Å². The van der Waals surface area contributed by atoms with Gasteiger partial charge in [0.05, 0.1) is 37.1 Å². The zero-order valence-corrected chi connectivity index (χ0v) is 18.0. The second-order valence-electron chi connectivity index (χ2n) is 8.39. The normalized spacial score (nSPS) is 18.8. The van der Waals surface area contributed by atoms with Crippen molar-refractivity contribution in [3.8, 4) is 5.75 Å². The number of fused-ring (bicyclic) bond motifs is 1. The van der Waals surface area contributed by atoms with Gasteiger partial charge in [-0.2, -0.15) is 0 Å². The Morgan fingerprint density at radius 2 is 2.13 bits per heavy atom. The van der Waals surface area contributed by atoms with Crippen LogP contribution in [0.1, 0.15) is 12.1 Å². The molecule has 2 saturated heterocycles. The predicted octanol–water partition coefficient (Wildman–Crippen LogP) is 3.30. The maximum atomic E-state index is 5.68. The number of allylic oxidation sites excluding steroid dienone is 3. The van der Waals surface area contributed by atoms with Crippen LogP contribution in [-0.2, 0) is 9.47 Å². The number of pyridine rings is 1. The number of hydrogen-bond donors (Lipinski definition) is 1. The van der Waals surface area contributed by atoms with Gasteiger partial charge >= 0.3 is 0 Å². The van der Waals surface area contributed by atoms with Gasteiger partial charge < -0.3 is 24.4 Å². The predicted molar refractivity (Wildman–Crippen MR) is 121 cm³/mol. The molecule has 0 atom stereocenters. The lowest BCUT2D eigenvalue weighted by Crippen LogP contribution is -2.44. The minimum atomic E-state index is 0.314. The fourth-order valence-electron chi connectivity index (χ4n) is 4.35. The highest BCUT2D eigenvalue weighted by molar-refractivity contribution is 5.95. The van der Waals surface area contributed by atoms with Crippen LogP contribution in [0, 0.1) is 5.41 Å². The van der Waals surface area contributed by atoms with E-state index in [1.165, 1.54) is 12.1 Å². The number of hydrogen-bond acceptors (Lipinski definition) is 6. The van der Waals surface area contributed by atoms with Crippen molar-refractivity contribution >= 4 is 22.2 Å². The molecule has 31 heavy (non-hydrogen) atoms. The van der Waals surface area contributed by atoms with Crippen molar-refractivity contribution in [1.82, 2.24) is 10.3 Å². The van der Waals surface area contributed by atoms with Gasteiger partial charge in [-0.3, -0.25) is 0 Å². The van der Waals surface area contributed by atoms with Crippen LogP contribution in [-0.4, -0.2) is 58.6 Å². The third kappa shape index (κ3) is 3.87. The Morgan fingerprint density at radius 3 is 2.81 bits per heavy atom. The van der Waals surface area contributed by atoms with Crippen LogP contribution in [0.15, 0.2) is 53.6 Å². The fraction of sp³-hybridized carbons (Fsp3) is 0.400. The molecule has 0 amide bonds. The van der Waals surface area contributed by atoms with E-state index < -0.39 is 0 Å². The van der Waals surface area contributed by atoms with E-state index in [9.17, 15) is 0 Å². The minimum absolute atomic E-state index is 0.314. The van der Waals surface area contributed by atoms with Crippen LogP contribution in [0.4, 0.5) is 5.69 Å². The quantitative estimate of drug-likeness (QED) is 0.551. The molecule has 6 nitrogen and oxygen atoms in total. The molecule has 0 radical (unpaired) electrons. The Morgan fingerprint density at radius 1 is 1.23 bits per heavy atom. The van der Waals surface area contributed by atoms with Gasteiger partial charge in [0.1, 0.15) is 12.4 Å². The molecular formula is C25H27N3O3. The SMILES string of the molecule is CNCCOC1=C=C=C(c2cc(N3CCC4(COC4)C3)c3ccc(OC)cc3n2)C=C1. The standard InChI is InChI=1S/C25H27N3O3/c1-26-10-12-31-19-5-3-18(4-6-19)22-14-24(28-11-9-25(15-28)16-30-17-25)21-8-7-20(29-2)13-23(21)27-22/h3,5,7-8,13-14,26H,9-12,15-17H2,1-2H3. The second-order valence-corrected chi connectivity index (χ2v) is 8.39. The van der Waals surface area contributed by atoms with Crippen LogP contribution in [0.3, 0.4) is 0 Å². The molecule has 1 aromatic heterocycles. The Balaban J connectivity index is 1.54. The van der Waals surface area contributed by atoms with Crippen LogP contribution >= 0.6 is 0 Å². The number of anilines is 1. The van der Waals surface area contributed by atoms with Crippen molar-refractivity contribution in [2.24, 2.45) is 5.41 Å². The van der Waals surface area contributed by atoms with Crippen LogP contribution < -0.4 is 15.0 Å². The number of methoxy groups -OCH3 is 1. The molecule has 0 saturated carbocycles. The molecule has 3 aliphatic rings.